The number of hydrogen-bond donors (Lipinski definition) is 1. The SMILES string of the molecule is COCC(N)C(=O)N1CCc2c(cnn2-c2ccccc2)C1.Cl. The quantitative estimate of drug-likeness (QED) is 0.909. The van der Waals surface area contributed by atoms with E-state index in [4.69, 9.17) is 10.5 Å². The molecule has 1 aromatic heterocycles. The Morgan fingerprint density at radius 1 is 1.39 bits per heavy atom. The minimum atomic E-state index is -0.601. The second-order valence-corrected chi connectivity index (χ2v) is 5.44. The Kier molecular flexibility index (Phi) is 5.76. The summed E-state index contributed by atoms with van der Waals surface area (Å²) in [6, 6.07) is 9.42. The van der Waals surface area contributed by atoms with Gasteiger partial charge in [-0.3, -0.25) is 4.79 Å². The lowest BCUT2D eigenvalue weighted by atomic mass is 10.1. The molecule has 2 heterocycles. The highest BCUT2D eigenvalue weighted by atomic mass is 35.5. The number of aromatic nitrogens is 2. The molecule has 1 aromatic carbocycles. The Morgan fingerprint density at radius 3 is 2.83 bits per heavy atom. The van der Waals surface area contributed by atoms with E-state index in [-0.39, 0.29) is 24.9 Å². The van der Waals surface area contributed by atoms with E-state index in [1.165, 1.54) is 0 Å². The van der Waals surface area contributed by atoms with Gasteiger partial charge in [-0.2, -0.15) is 5.10 Å². The fraction of sp³-hybridized carbons (Fsp3) is 0.375. The van der Waals surface area contributed by atoms with Gasteiger partial charge < -0.3 is 15.4 Å². The van der Waals surface area contributed by atoms with Gasteiger partial charge in [-0.15, -0.1) is 12.4 Å². The van der Waals surface area contributed by atoms with Crippen molar-refractivity contribution >= 4 is 18.3 Å². The third kappa shape index (κ3) is 3.55. The molecule has 1 aliphatic heterocycles. The summed E-state index contributed by atoms with van der Waals surface area (Å²) in [6.07, 6.45) is 2.61. The lowest BCUT2D eigenvalue weighted by Gasteiger charge is -2.29. The van der Waals surface area contributed by atoms with Gasteiger partial charge in [0, 0.05) is 32.2 Å². The first-order valence-electron chi connectivity index (χ1n) is 7.35. The van der Waals surface area contributed by atoms with Crippen LogP contribution in [0.4, 0.5) is 0 Å². The van der Waals surface area contributed by atoms with Crippen molar-refractivity contribution in [1.29, 1.82) is 0 Å². The van der Waals surface area contributed by atoms with Crippen molar-refractivity contribution in [2.45, 2.75) is 19.0 Å². The third-order valence-electron chi connectivity index (χ3n) is 3.91. The molecule has 0 saturated heterocycles. The van der Waals surface area contributed by atoms with Crippen LogP contribution in [-0.2, 0) is 22.5 Å². The molecule has 2 aromatic rings. The maximum absolute atomic E-state index is 12.3. The van der Waals surface area contributed by atoms with Crippen LogP contribution in [0.1, 0.15) is 11.3 Å². The summed E-state index contributed by atoms with van der Waals surface area (Å²) >= 11 is 0. The summed E-state index contributed by atoms with van der Waals surface area (Å²) < 4.78 is 6.91. The summed E-state index contributed by atoms with van der Waals surface area (Å²) in [7, 11) is 1.55. The van der Waals surface area contributed by atoms with Crippen molar-refractivity contribution in [2.24, 2.45) is 5.73 Å². The maximum Gasteiger partial charge on any atom is 0.242 e. The fourth-order valence-corrected chi connectivity index (χ4v) is 2.80. The molecule has 0 spiro atoms. The number of amides is 1. The third-order valence-corrected chi connectivity index (χ3v) is 3.91. The fourth-order valence-electron chi connectivity index (χ4n) is 2.80. The number of benzene rings is 1. The number of fused-ring (bicyclic) bond motifs is 1. The number of halogens is 1. The number of rotatable bonds is 4. The Bertz CT molecular complexity index is 659. The standard InChI is InChI=1S/C16H20N4O2.ClH/c1-22-11-14(17)16(21)19-8-7-15-12(10-19)9-18-20(15)13-5-3-2-4-6-13;/h2-6,9,14H,7-8,10-11,17H2,1H3;1H. The van der Waals surface area contributed by atoms with E-state index < -0.39 is 6.04 Å². The summed E-state index contributed by atoms with van der Waals surface area (Å²) in [5, 5.41) is 4.47. The highest BCUT2D eigenvalue weighted by Gasteiger charge is 2.27. The number of carbonyl (C=O) groups excluding carboxylic acids is 1. The van der Waals surface area contributed by atoms with Crippen LogP contribution in [0.3, 0.4) is 0 Å². The van der Waals surface area contributed by atoms with Crippen molar-refractivity contribution in [2.75, 3.05) is 20.3 Å². The highest BCUT2D eigenvalue weighted by Crippen LogP contribution is 2.22. The first-order valence-corrected chi connectivity index (χ1v) is 7.35. The van der Waals surface area contributed by atoms with Crippen LogP contribution in [-0.4, -0.2) is 46.9 Å². The van der Waals surface area contributed by atoms with Crippen molar-refractivity contribution in [3.8, 4) is 5.69 Å². The first kappa shape index (κ1) is 17.5. The summed E-state index contributed by atoms with van der Waals surface area (Å²) in [5.41, 5.74) is 9.12. The maximum atomic E-state index is 12.3. The molecule has 124 valence electrons. The molecular weight excluding hydrogens is 316 g/mol. The number of ether oxygens (including phenoxy) is 1. The van der Waals surface area contributed by atoms with Crippen LogP contribution in [0.5, 0.6) is 0 Å². The van der Waals surface area contributed by atoms with Gasteiger partial charge in [-0.25, -0.2) is 4.68 Å². The molecule has 1 unspecified atom stereocenters. The van der Waals surface area contributed by atoms with Gasteiger partial charge in [0.1, 0.15) is 6.04 Å². The molecule has 0 aliphatic carbocycles. The predicted molar refractivity (Wildman–Crippen MR) is 89.8 cm³/mol. The number of hydrogen-bond acceptors (Lipinski definition) is 4. The minimum Gasteiger partial charge on any atom is -0.383 e. The van der Waals surface area contributed by atoms with Gasteiger partial charge >= 0.3 is 0 Å². The highest BCUT2D eigenvalue weighted by molar-refractivity contribution is 5.85. The topological polar surface area (TPSA) is 73.4 Å². The number of para-hydroxylation sites is 1. The number of carbonyl (C=O) groups is 1. The Hall–Kier alpha value is -1.89. The van der Waals surface area contributed by atoms with Gasteiger partial charge in [0.15, 0.2) is 0 Å². The number of nitrogens with zero attached hydrogens (tertiary/aromatic N) is 3. The van der Waals surface area contributed by atoms with Crippen LogP contribution in [0.15, 0.2) is 36.5 Å². The Labute approximate surface area is 141 Å². The Morgan fingerprint density at radius 2 is 2.13 bits per heavy atom. The molecule has 0 fully saturated rings. The molecular formula is C16H21ClN4O2. The predicted octanol–water partition coefficient (Wildman–Crippen LogP) is 1.15. The lowest BCUT2D eigenvalue weighted by Crippen LogP contribution is -2.47. The zero-order valence-corrected chi connectivity index (χ0v) is 13.8. The van der Waals surface area contributed by atoms with E-state index in [1.807, 2.05) is 41.2 Å². The summed E-state index contributed by atoms with van der Waals surface area (Å²) in [4.78, 5) is 14.0. The van der Waals surface area contributed by atoms with Crippen molar-refractivity contribution < 1.29 is 9.53 Å². The van der Waals surface area contributed by atoms with E-state index in [2.05, 4.69) is 5.10 Å². The molecule has 3 rings (SSSR count). The molecule has 1 amide bonds. The average Bonchev–Trinajstić information content (AvgIpc) is 2.98. The lowest BCUT2D eigenvalue weighted by molar-refractivity contribution is -0.134. The average molecular weight is 337 g/mol. The van der Waals surface area contributed by atoms with Gasteiger partial charge in [0.2, 0.25) is 5.91 Å². The van der Waals surface area contributed by atoms with Crippen molar-refractivity contribution in [3.63, 3.8) is 0 Å². The molecule has 6 nitrogen and oxygen atoms in total. The zero-order chi connectivity index (χ0) is 15.5. The van der Waals surface area contributed by atoms with E-state index in [1.54, 1.807) is 12.0 Å². The van der Waals surface area contributed by atoms with E-state index in [0.717, 1.165) is 23.4 Å². The van der Waals surface area contributed by atoms with Crippen molar-refractivity contribution in [1.82, 2.24) is 14.7 Å². The molecule has 0 saturated carbocycles. The molecule has 7 heteroatoms. The summed E-state index contributed by atoms with van der Waals surface area (Å²) in [6.45, 7) is 1.45. The normalized spacial score (nSPS) is 14.8. The molecule has 0 bridgehead atoms. The monoisotopic (exact) mass is 336 g/mol. The van der Waals surface area contributed by atoms with Gasteiger partial charge in [-0.05, 0) is 12.1 Å². The zero-order valence-electron chi connectivity index (χ0n) is 13.0. The van der Waals surface area contributed by atoms with Gasteiger partial charge in [0.25, 0.3) is 0 Å². The number of methoxy groups -OCH3 is 1. The van der Waals surface area contributed by atoms with Crippen LogP contribution < -0.4 is 5.73 Å². The van der Waals surface area contributed by atoms with Gasteiger partial charge in [0.05, 0.1) is 24.2 Å². The van der Waals surface area contributed by atoms with E-state index in [0.29, 0.717) is 13.1 Å². The second-order valence-electron chi connectivity index (χ2n) is 5.44. The van der Waals surface area contributed by atoms with E-state index >= 15 is 0 Å². The Balaban J connectivity index is 0.00000192. The molecule has 23 heavy (non-hydrogen) atoms. The van der Waals surface area contributed by atoms with Crippen LogP contribution in [0.25, 0.3) is 5.69 Å². The molecule has 2 N–H and O–H groups in total. The van der Waals surface area contributed by atoms with Gasteiger partial charge in [-0.1, -0.05) is 18.2 Å². The van der Waals surface area contributed by atoms with Crippen molar-refractivity contribution in [3.05, 3.63) is 47.8 Å². The first-order chi connectivity index (χ1) is 10.7. The van der Waals surface area contributed by atoms with Crippen LogP contribution in [0.2, 0.25) is 0 Å². The molecule has 0 radical (unpaired) electrons. The largest absolute Gasteiger partial charge is 0.383 e. The smallest absolute Gasteiger partial charge is 0.242 e. The van der Waals surface area contributed by atoms with Crippen LogP contribution >= 0.6 is 12.4 Å². The summed E-state index contributed by atoms with van der Waals surface area (Å²) in [5.74, 6) is -0.0695. The van der Waals surface area contributed by atoms with Crippen LogP contribution in [0, 0.1) is 0 Å². The number of nitrogens with two attached hydrogens (primary N) is 1. The second kappa shape index (κ2) is 7.59. The minimum absolute atomic E-state index is 0. The van der Waals surface area contributed by atoms with E-state index in [9.17, 15) is 4.79 Å². The molecule has 1 aliphatic rings. The molecule has 1 atom stereocenters.